The molecule has 0 bridgehead atoms. The summed E-state index contributed by atoms with van der Waals surface area (Å²) in [4.78, 5) is 7.93. The number of hydrogen-bond donors (Lipinski definition) is 2. The quantitative estimate of drug-likeness (QED) is 0.733. The third kappa shape index (κ3) is 3.83. The van der Waals surface area contributed by atoms with Crippen molar-refractivity contribution in [2.45, 2.75) is 6.92 Å². The van der Waals surface area contributed by atoms with Crippen molar-refractivity contribution in [2.75, 3.05) is 38.4 Å². The van der Waals surface area contributed by atoms with Crippen molar-refractivity contribution in [3.8, 4) is 28.8 Å². The van der Waals surface area contributed by atoms with Crippen LogP contribution < -0.4 is 20.9 Å². The lowest BCUT2D eigenvalue weighted by Gasteiger charge is -2.13. The Labute approximate surface area is 140 Å². The molecule has 126 valence electrons. The van der Waals surface area contributed by atoms with Gasteiger partial charge < -0.3 is 25.7 Å². The minimum Gasteiger partial charge on any atom is -0.493 e. The SMILES string of the molecule is CCOCCOc1cc(-c2nc(N)nc(N)c2C#N)ccc1OC. The van der Waals surface area contributed by atoms with Gasteiger partial charge in [0.05, 0.1) is 19.4 Å². The number of nitriles is 1. The topological polar surface area (TPSA) is 129 Å². The van der Waals surface area contributed by atoms with Crippen LogP contribution in [0, 0.1) is 11.3 Å². The zero-order valence-corrected chi connectivity index (χ0v) is 13.6. The van der Waals surface area contributed by atoms with E-state index in [0.29, 0.717) is 42.6 Å². The van der Waals surface area contributed by atoms with E-state index in [4.69, 9.17) is 25.7 Å². The predicted molar refractivity (Wildman–Crippen MR) is 89.5 cm³/mol. The van der Waals surface area contributed by atoms with Gasteiger partial charge in [-0.3, -0.25) is 0 Å². The van der Waals surface area contributed by atoms with Crippen LogP contribution in [0.2, 0.25) is 0 Å². The van der Waals surface area contributed by atoms with E-state index in [1.54, 1.807) is 25.3 Å². The molecule has 24 heavy (non-hydrogen) atoms. The lowest BCUT2D eigenvalue weighted by Crippen LogP contribution is -2.08. The molecular weight excluding hydrogens is 310 g/mol. The first kappa shape index (κ1) is 17.3. The summed E-state index contributed by atoms with van der Waals surface area (Å²) >= 11 is 0. The third-order valence-electron chi connectivity index (χ3n) is 3.19. The highest BCUT2D eigenvalue weighted by atomic mass is 16.5. The highest BCUT2D eigenvalue weighted by Crippen LogP contribution is 2.34. The second-order valence-electron chi connectivity index (χ2n) is 4.71. The molecule has 0 atom stereocenters. The summed E-state index contributed by atoms with van der Waals surface area (Å²) in [7, 11) is 1.55. The Balaban J connectivity index is 2.40. The molecule has 0 fully saturated rings. The highest BCUT2D eigenvalue weighted by molar-refractivity contribution is 5.74. The Hall–Kier alpha value is -3.05. The van der Waals surface area contributed by atoms with Gasteiger partial charge in [-0.05, 0) is 25.1 Å². The van der Waals surface area contributed by atoms with Crippen molar-refractivity contribution in [1.29, 1.82) is 5.26 Å². The van der Waals surface area contributed by atoms with Gasteiger partial charge >= 0.3 is 0 Å². The molecule has 0 radical (unpaired) electrons. The van der Waals surface area contributed by atoms with Crippen LogP contribution in [-0.2, 0) is 4.74 Å². The molecule has 1 aromatic heterocycles. The van der Waals surface area contributed by atoms with Crippen molar-refractivity contribution in [3.63, 3.8) is 0 Å². The molecule has 0 aliphatic rings. The fourth-order valence-electron chi connectivity index (χ4n) is 2.11. The maximum atomic E-state index is 9.30. The molecular formula is C16H19N5O3. The van der Waals surface area contributed by atoms with Crippen LogP contribution in [0.4, 0.5) is 11.8 Å². The minimum atomic E-state index is -0.00358. The van der Waals surface area contributed by atoms with Gasteiger partial charge in [0.15, 0.2) is 11.5 Å². The van der Waals surface area contributed by atoms with Gasteiger partial charge in [0.25, 0.3) is 0 Å². The van der Waals surface area contributed by atoms with Crippen LogP contribution in [-0.4, -0.2) is 36.9 Å². The second-order valence-corrected chi connectivity index (χ2v) is 4.71. The molecule has 1 heterocycles. The summed E-state index contributed by atoms with van der Waals surface area (Å²) in [6.45, 7) is 3.35. The summed E-state index contributed by atoms with van der Waals surface area (Å²) in [6, 6.07) is 7.18. The molecule has 0 saturated carbocycles. The normalized spacial score (nSPS) is 10.2. The van der Waals surface area contributed by atoms with E-state index in [0.717, 1.165) is 0 Å². The molecule has 0 amide bonds. The number of aromatic nitrogens is 2. The molecule has 0 spiro atoms. The second kappa shape index (κ2) is 7.99. The average Bonchev–Trinajstić information content (AvgIpc) is 2.58. The number of rotatable bonds is 7. The van der Waals surface area contributed by atoms with E-state index < -0.39 is 0 Å². The molecule has 8 nitrogen and oxygen atoms in total. The number of nitrogens with two attached hydrogens (primary N) is 2. The van der Waals surface area contributed by atoms with Crippen LogP contribution in [0.15, 0.2) is 18.2 Å². The van der Waals surface area contributed by atoms with Crippen LogP contribution in [0.25, 0.3) is 11.3 Å². The largest absolute Gasteiger partial charge is 0.493 e. The monoisotopic (exact) mass is 329 g/mol. The summed E-state index contributed by atoms with van der Waals surface area (Å²) in [6.07, 6.45) is 0. The standard InChI is InChI=1S/C16H19N5O3/c1-3-23-6-7-24-13-8-10(4-5-12(13)22-2)14-11(9-17)15(18)21-16(19)20-14/h4-5,8H,3,6-7H2,1-2H3,(H4,18,19,20,21). The summed E-state index contributed by atoms with van der Waals surface area (Å²) < 4.78 is 16.2. The van der Waals surface area contributed by atoms with E-state index in [1.165, 1.54) is 0 Å². The van der Waals surface area contributed by atoms with Gasteiger partial charge in [0.1, 0.15) is 24.1 Å². The van der Waals surface area contributed by atoms with E-state index in [-0.39, 0.29) is 17.3 Å². The zero-order chi connectivity index (χ0) is 17.5. The first-order valence-corrected chi connectivity index (χ1v) is 7.32. The van der Waals surface area contributed by atoms with Gasteiger partial charge in [-0.25, -0.2) is 4.98 Å². The van der Waals surface area contributed by atoms with Gasteiger partial charge in [-0.1, -0.05) is 0 Å². The molecule has 2 aromatic rings. The van der Waals surface area contributed by atoms with Gasteiger partial charge in [0, 0.05) is 12.2 Å². The highest BCUT2D eigenvalue weighted by Gasteiger charge is 2.15. The number of anilines is 2. The first-order chi connectivity index (χ1) is 11.6. The van der Waals surface area contributed by atoms with Crippen molar-refractivity contribution >= 4 is 11.8 Å². The molecule has 0 unspecified atom stereocenters. The van der Waals surface area contributed by atoms with Crippen molar-refractivity contribution < 1.29 is 14.2 Å². The molecule has 4 N–H and O–H groups in total. The number of nitrogen functional groups attached to an aromatic ring is 2. The zero-order valence-electron chi connectivity index (χ0n) is 13.6. The number of hydrogen-bond acceptors (Lipinski definition) is 8. The Bertz CT molecular complexity index is 758. The molecule has 0 saturated heterocycles. The number of ether oxygens (including phenoxy) is 3. The van der Waals surface area contributed by atoms with Gasteiger partial charge in [0.2, 0.25) is 5.95 Å². The summed E-state index contributed by atoms with van der Waals surface area (Å²) in [5, 5.41) is 9.30. The molecule has 0 aliphatic heterocycles. The smallest absolute Gasteiger partial charge is 0.222 e. The van der Waals surface area contributed by atoms with Crippen LogP contribution >= 0.6 is 0 Å². The van der Waals surface area contributed by atoms with Crippen molar-refractivity contribution in [2.24, 2.45) is 0 Å². The maximum absolute atomic E-state index is 9.30. The molecule has 1 aromatic carbocycles. The van der Waals surface area contributed by atoms with E-state index in [9.17, 15) is 5.26 Å². The Morgan fingerprint density at radius 1 is 1.17 bits per heavy atom. The number of nitrogens with zero attached hydrogens (tertiary/aromatic N) is 3. The minimum absolute atomic E-state index is 0.00358. The van der Waals surface area contributed by atoms with Crippen LogP contribution in [0.5, 0.6) is 11.5 Å². The molecule has 8 heteroatoms. The van der Waals surface area contributed by atoms with Crippen molar-refractivity contribution in [3.05, 3.63) is 23.8 Å². The summed E-state index contributed by atoms with van der Waals surface area (Å²) in [5.74, 6) is 1.10. The lowest BCUT2D eigenvalue weighted by atomic mass is 10.1. The Kier molecular flexibility index (Phi) is 5.76. The third-order valence-corrected chi connectivity index (χ3v) is 3.19. The van der Waals surface area contributed by atoms with E-state index >= 15 is 0 Å². The summed E-state index contributed by atoms with van der Waals surface area (Å²) in [5.41, 5.74) is 12.5. The van der Waals surface area contributed by atoms with E-state index in [2.05, 4.69) is 9.97 Å². The van der Waals surface area contributed by atoms with E-state index in [1.807, 2.05) is 13.0 Å². The van der Waals surface area contributed by atoms with Gasteiger partial charge in [-0.15, -0.1) is 0 Å². The van der Waals surface area contributed by atoms with Crippen molar-refractivity contribution in [1.82, 2.24) is 9.97 Å². The Morgan fingerprint density at radius 2 is 1.96 bits per heavy atom. The maximum Gasteiger partial charge on any atom is 0.222 e. The molecule has 0 aliphatic carbocycles. The Morgan fingerprint density at radius 3 is 2.62 bits per heavy atom. The first-order valence-electron chi connectivity index (χ1n) is 7.32. The van der Waals surface area contributed by atoms with Crippen LogP contribution in [0.3, 0.4) is 0 Å². The average molecular weight is 329 g/mol. The fraction of sp³-hybridized carbons (Fsp3) is 0.312. The van der Waals surface area contributed by atoms with Gasteiger partial charge in [-0.2, -0.15) is 10.2 Å². The fourth-order valence-corrected chi connectivity index (χ4v) is 2.11. The van der Waals surface area contributed by atoms with Crippen LogP contribution in [0.1, 0.15) is 12.5 Å². The number of methoxy groups -OCH3 is 1. The predicted octanol–water partition coefficient (Wildman–Crippen LogP) is 1.60. The molecule has 2 rings (SSSR count). The lowest BCUT2D eigenvalue weighted by molar-refractivity contribution is 0.109. The number of benzene rings is 1.